The van der Waals surface area contributed by atoms with E-state index < -0.39 is 0 Å². The van der Waals surface area contributed by atoms with Crippen molar-refractivity contribution >= 4 is 60.7 Å². The first-order valence-corrected chi connectivity index (χ1v) is 25.1. The lowest BCUT2D eigenvalue weighted by molar-refractivity contribution is 0.588. The molecule has 12 aromatic rings. The van der Waals surface area contributed by atoms with E-state index in [1.165, 1.54) is 43.8 Å². The predicted octanol–water partition coefficient (Wildman–Crippen LogP) is 17.0. The first-order chi connectivity index (χ1) is 35.0. The Kier molecular flexibility index (Phi) is 9.95. The standard InChI is InChI=1S/C66H54N6/c1-65(2,3)47-33-35-53-44(38-47)37-45-39-48(66(4,5)6)34-36-54(45)72(53)61-59(70-55-29-17-13-25-49(55)50-26-14-18-30-56(50)70)40-46(41-60(61)71-57-31-19-15-27-51(57)52-28-16-20-32-58(52)71)64-68-62(42-21-9-7-10-22-42)67-63(69-64)43-23-11-8-12-24-43/h7-36,38-41H,37H2,1-6H3. The second kappa shape index (κ2) is 16.5. The average Bonchev–Trinajstić information content (AvgIpc) is 3.92. The Morgan fingerprint density at radius 1 is 0.333 bits per heavy atom. The zero-order chi connectivity index (χ0) is 48.9. The second-order valence-electron chi connectivity index (χ2n) is 21.3. The molecule has 1 aliphatic heterocycles. The Balaban J connectivity index is 1.24. The molecule has 0 N–H and O–H groups in total. The fourth-order valence-electron chi connectivity index (χ4n) is 11.0. The van der Waals surface area contributed by atoms with Gasteiger partial charge in [0.25, 0.3) is 0 Å². The van der Waals surface area contributed by atoms with E-state index in [0.29, 0.717) is 17.5 Å². The largest absolute Gasteiger partial charge is 0.307 e. The van der Waals surface area contributed by atoms with Gasteiger partial charge in [0.1, 0.15) is 0 Å². The molecule has 13 rings (SSSR count). The van der Waals surface area contributed by atoms with Gasteiger partial charge in [0.2, 0.25) is 0 Å². The van der Waals surface area contributed by atoms with Gasteiger partial charge in [-0.1, -0.05) is 199 Å². The predicted molar refractivity (Wildman–Crippen MR) is 300 cm³/mol. The third-order valence-corrected chi connectivity index (χ3v) is 14.6. The van der Waals surface area contributed by atoms with Gasteiger partial charge in [0, 0.05) is 56.0 Å². The van der Waals surface area contributed by atoms with Crippen LogP contribution in [0.4, 0.5) is 17.1 Å². The van der Waals surface area contributed by atoms with Crippen LogP contribution in [0.25, 0.3) is 89.2 Å². The summed E-state index contributed by atoms with van der Waals surface area (Å²) in [4.78, 5) is 18.6. The van der Waals surface area contributed by atoms with Crippen molar-refractivity contribution in [3.05, 3.63) is 229 Å². The molecule has 0 bridgehead atoms. The van der Waals surface area contributed by atoms with Crippen LogP contribution in [0.5, 0.6) is 0 Å². The first kappa shape index (κ1) is 43.4. The van der Waals surface area contributed by atoms with E-state index in [2.05, 4.69) is 225 Å². The van der Waals surface area contributed by atoms with Crippen molar-refractivity contribution < 1.29 is 0 Å². The van der Waals surface area contributed by atoms with Crippen LogP contribution < -0.4 is 4.90 Å². The molecule has 0 fully saturated rings. The average molecular weight is 931 g/mol. The fourth-order valence-corrected chi connectivity index (χ4v) is 11.0. The highest BCUT2D eigenvalue weighted by molar-refractivity contribution is 6.12. The van der Waals surface area contributed by atoms with E-state index in [1.807, 2.05) is 36.4 Å². The van der Waals surface area contributed by atoms with Crippen LogP contribution in [0.3, 0.4) is 0 Å². The van der Waals surface area contributed by atoms with Crippen LogP contribution in [0.1, 0.15) is 63.8 Å². The van der Waals surface area contributed by atoms with Crippen LogP contribution in [-0.2, 0) is 17.3 Å². The zero-order valence-electron chi connectivity index (χ0n) is 41.5. The summed E-state index contributed by atoms with van der Waals surface area (Å²) in [6.45, 7) is 13.9. The number of benzene rings is 9. The number of fused-ring (bicyclic) bond motifs is 8. The van der Waals surface area contributed by atoms with E-state index in [1.54, 1.807) is 0 Å². The topological polar surface area (TPSA) is 51.8 Å². The maximum Gasteiger partial charge on any atom is 0.164 e. The van der Waals surface area contributed by atoms with Crippen LogP contribution in [-0.4, -0.2) is 24.1 Å². The number of hydrogen-bond acceptors (Lipinski definition) is 4. The maximum absolute atomic E-state index is 5.42. The van der Waals surface area contributed by atoms with Gasteiger partial charge in [-0.2, -0.15) is 0 Å². The van der Waals surface area contributed by atoms with Gasteiger partial charge in [-0.3, -0.25) is 0 Å². The Hall–Kier alpha value is -8.61. The highest BCUT2D eigenvalue weighted by atomic mass is 15.2. The number of hydrogen-bond donors (Lipinski definition) is 0. The lowest BCUT2D eigenvalue weighted by atomic mass is 9.81. The quantitative estimate of drug-likeness (QED) is 0.167. The number of aromatic nitrogens is 5. The van der Waals surface area contributed by atoms with E-state index >= 15 is 0 Å². The van der Waals surface area contributed by atoms with Gasteiger partial charge in [-0.15, -0.1) is 0 Å². The molecule has 0 radical (unpaired) electrons. The van der Waals surface area contributed by atoms with Crippen LogP contribution in [0.2, 0.25) is 0 Å². The molecule has 0 aliphatic carbocycles. The van der Waals surface area contributed by atoms with Gasteiger partial charge < -0.3 is 14.0 Å². The van der Waals surface area contributed by atoms with E-state index in [0.717, 1.165) is 73.6 Å². The molecule has 4 heterocycles. The molecule has 1 aliphatic rings. The molecule has 9 aromatic carbocycles. The Labute approximate surface area is 420 Å². The second-order valence-corrected chi connectivity index (χ2v) is 21.3. The molecule has 0 atom stereocenters. The minimum absolute atomic E-state index is 0.0426. The minimum Gasteiger partial charge on any atom is -0.307 e. The van der Waals surface area contributed by atoms with E-state index in [9.17, 15) is 0 Å². The summed E-state index contributed by atoms with van der Waals surface area (Å²) >= 11 is 0. The molecule has 6 nitrogen and oxygen atoms in total. The number of para-hydroxylation sites is 4. The summed E-state index contributed by atoms with van der Waals surface area (Å²) in [6, 6.07) is 74.9. The Bertz CT molecular complexity index is 3730. The van der Waals surface area contributed by atoms with Crippen LogP contribution >= 0.6 is 0 Å². The van der Waals surface area contributed by atoms with Crippen molar-refractivity contribution in [3.63, 3.8) is 0 Å². The van der Waals surface area contributed by atoms with E-state index in [4.69, 9.17) is 15.0 Å². The lowest BCUT2D eigenvalue weighted by Crippen LogP contribution is -2.24. The van der Waals surface area contributed by atoms with E-state index in [-0.39, 0.29) is 10.8 Å². The molecule has 0 saturated heterocycles. The summed E-state index contributed by atoms with van der Waals surface area (Å²) in [5.41, 5.74) is 17.7. The Morgan fingerprint density at radius 3 is 1.03 bits per heavy atom. The summed E-state index contributed by atoms with van der Waals surface area (Å²) in [5, 5.41) is 4.74. The molecule has 0 amide bonds. The molecule has 348 valence electrons. The smallest absolute Gasteiger partial charge is 0.164 e. The fraction of sp³-hybridized carbons (Fsp3) is 0.136. The monoisotopic (exact) mass is 930 g/mol. The maximum atomic E-state index is 5.42. The summed E-state index contributed by atoms with van der Waals surface area (Å²) in [5.74, 6) is 1.81. The van der Waals surface area contributed by atoms with Crippen molar-refractivity contribution in [1.29, 1.82) is 0 Å². The third-order valence-electron chi connectivity index (χ3n) is 14.6. The van der Waals surface area contributed by atoms with Gasteiger partial charge in [0.15, 0.2) is 17.5 Å². The van der Waals surface area contributed by atoms with Gasteiger partial charge in [0.05, 0.1) is 39.1 Å². The van der Waals surface area contributed by atoms with Crippen LogP contribution in [0, 0.1) is 0 Å². The zero-order valence-corrected chi connectivity index (χ0v) is 41.5. The first-order valence-electron chi connectivity index (χ1n) is 25.1. The third kappa shape index (κ3) is 7.11. The minimum atomic E-state index is -0.0426. The number of nitrogens with zero attached hydrogens (tertiary/aromatic N) is 6. The van der Waals surface area contributed by atoms with Gasteiger partial charge in [-0.25, -0.2) is 15.0 Å². The molecule has 0 spiro atoms. The summed E-state index contributed by atoms with van der Waals surface area (Å²) < 4.78 is 4.97. The molecule has 72 heavy (non-hydrogen) atoms. The molecular formula is C66H54N6. The van der Waals surface area contributed by atoms with Crippen molar-refractivity contribution in [2.45, 2.75) is 58.8 Å². The summed E-state index contributed by atoms with van der Waals surface area (Å²) in [7, 11) is 0. The van der Waals surface area contributed by atoms with Crippen molar-refractivity contribution in [1.82, 2.24) is 24.1 Å². The SMILES string of the molecule is CC(C)(C)c1ccc2c(c1)Cc1cc(C(C)(C)C)ccc1N2c1c(-n2c3ccccc3c3ccccc32)cc(-c2nc(-c3ccccc3)nc(-c3ccccc3)n2)cc1-n1c2ccccc2c2ccccc21. The molecule has 0 saturated carbocycles. The molecule has 3 aromatic heterocycles. The number of anilines is 3. The highest BCUT2D eigenvalue weighted by Gasteiger charge is 2.34. The van der Waals surface area contributed by atoms with Crippen molar-refractivity contribution in [2.24, 2.45) is 0 Å². The molecular weight excluding hydrogens is 877 g/mol. The summed E-state index contributed by atoms with van der Waals surface area (Å²) in [6.07, 6.45) is 0.817. The number of rotatable bonds is 6. The lowest BCUT2D eigenvalue weighted by Gasteiger charge is -2.38. The van der Waals surface area contributed by atoms with Crippen molar-refractivity contribution in [3.8, 4) is 45.5 Å². The normalized spacial score (nSPS) is 12.8. The van der Waals surface area contributed by atoms with Crippen LogP contribution in [0.15, 0.2) is 206 Å². The van der Waals surface area contributed by atoms with Crippen molar-refractivity contribution in [2.75, 3.05) is 4.90 Å². The molecule has 0 unspecified atom stereocenters. The Morgan fingerprint density at radius 2 is 0.667 bits per heavy atom. The molecule has 6 heteroatoms. The van der Waals surface area contributed by atoms with Gasteiger partial charge >= 0.3 is 0 Å². The highest BCUT2D eigenvalue weighted by Crippen LogP contribution is 2.53. The van der Waals surface area contributed by atoms with Gasteiger partial charge in [-0.05, 0) is 81.6 Å².